The van der Waals surface area contributed by atoms with Crippen molar-refractivity contribution in [2.24, 2.45) is 5.92 Å². The van der Waals surface area contributed by atoms with E-state index in [1.807, 2.05) is 56.3 Å². The van der Waals surface area contributed by atoms with Gasteiger partial charge in [0.1, 0.15) is 6.04 Å². The van der Waals surface area contributed by atoms with Crippen LogP contribution in [0.1, 0.15) is 76.5 Å². The second-order valence-electron chi connectivity index (χ2n) is 9.66. The molecule has 0 aliphatic carbocycles. The largest absolute Gasteiger partial charge is 0.480 e. The zero-order valence-electron chi connectivity index (χ0n) is 22.6. The Morgan fingerprint density at radius 1 is 0.842 bits per heavy atom. The number of amides is 2. The monoisotopic (exact) mass is 527 g/mol. The number of hydrogen-bond acceptors (Lipinski definition) is 6. The number of aliphatic carboxylic acids is 1. The highest BCUT2D eigenvalue weighted by molar-refractivity contribution is 5.90. The van der Waals surface area contributed by atoms with Crippen molar-refractivity contribution in [3.8, 4) is 0 Å². The van der Waals surface area contributed by atoms with Crippen LogP contribution in [0.3, 0.4) is 0 Å². The summed E-state index contributed by atoms with van der Waals surface area (Å²) in [5.41, 5.74) is 4.72. The van der Waals surface area contributed by atoms with Gasteiger partial charge in [0.25, 0.3) is 0 Å². The Labute approximate surface area is 225 Å². The molecule has 0 aromatic heterocycles. The number of carboxylic acids is 1. The van der Waals surface area contributed by atoms with Crippen LogP contribution in [0.2, 0.25) is 0 Å². The highest BCUT2D eigenvalue weighted by atomic mass is 16.8. The van der Waals surface area contributed by atoms with Crippen LogP contribution < -0.4 is 16.1 Å². The number of unbranched alkanes of at least 4 members (excludes halogenated alkanes) is 3. The van der Waals surface area contributed by atoms with Gasteiger partial charge in [-0.1, -0.05) is 69.2 Å². The molecule has 0 fully saturated rings. The molecule has 2 rings (SSSR count). The van der Waals surface area contributed by atoms with Crippen molar-refractivity contribution < 1.29 is 29.1 Å². The lowest BCUT2D eigenvalue weighted by molar-refractivity contribution is -0.183. The summed E-state index contributed by atoms with van der Waals surface area (Å²) in [4.78, 5) is 40.9. The van der Waals surface area contributed by atoms with Crippen LogP contribution in [0.5, 0.6) is 0 Å². The van der Waals surface area contributed by atoms with Crippen LogP contribution in [-0.2, 0) is 30.5 Å². The van der Waals surface area contributed by atoms with Gasteiger partial charge in [-0.2, -0.15) is 0 Å². The van der Waals surface area contributed by atoms with Gasteiger partial charge >= 0.3 is 5.97 Å². The molecule has 0 aliphatic rings. The van der Waals surface area contributed by atoms with Crippen molar-refractivity contribution >= 4 is 23.5 Å². The highest BCUT2D eigenvalue weighted by Gasteiger charge is 2.18. The van der Waals surface area contributed by atoms with E-state index in [9.17, 15) is 19.5 Å². The summed E-state index contributed by atoms with van der Waals surface area (Å²) in [5.74, 6) is -0.783. The van der Waals surface area contributed by atoms with Crippen molar-refractivity contribution in [1.29, 1.82) is 0 Å². The lowest BCUT2D eigenvalue weighted by Gasteiger charge is -2.15. The van der Waals surface area contributed by atoms with Gasteiger partial charge in [0, 0.05) is 25.1 Å². The lowest BCUT2D eigenvalue weighted by Crippen LogP contribution is -2.30. The first-order chi connectivity index (χ1) is 18.2. The third-order valence-electron chi connectivity index (χ3n) is 5.69. The summed E-state index contributed by atoms with van der Waals surface area (Å²) in [5, 5.41) is 15.5. The van der Waals surface area contributed by atoms with Gasteiger partial charge in [-0.3, -0.25) is 19.7 Å². The fraction of sp³-hybridized carbons (Fsp3) is 0.483. The predicted octanol–water partition coefficient (Wildman–Crippen LogP) is 4.95. The number of hydroxylamine groups is 1. The first-order valence-electron chi connectivity index (χ1n) is 13.2. The van der Waals surface area contributed by atoms with E-state index in [2.05, 4.69) is 16.1 Å². The molecule has 0 saturated heterocycles. The standard InChI is InChI=1S/C29H41N3O6/c1-21(2)20-37-22(3)38-32-27(34)14-10-5-4-9-13-26(33)31-25-17-15-23(16-18-25)19-30-28(29(35)36)24-11-7-6-8-12-24/h6-8,11-12,15-18,21-22,28,30H,4-5,9-10,13-14,19-20H2,1-3H3,(H,31,33)(H,32,34)(H,35,36)/t22?,28-/m1/s1. The first kappa shape index (κ1) is 31.0. The molecule has 2 atom stereocenters. The maximum Gasteiger partial charge on any atom is 0.325 e. The van der Waals surface area contributed by atoms with Crippen LogP contribution in [0.4, 0.5) is 5.69 Å². The van der Waals surface area contributed by atoms with E-state index in [-0.39, 0.29) is 11.8 Å². The smallest absolute Gasteiger partial charge is 0.325 e. The summed E-state index contributed by atoms with van der Waals surface area (Å²) in [6.45, 7) is 6.77. The molecule has 0 radical (unpaired) electrons. The number of nitrogens with one attached hydrogen (secondary N) is 3. The average molecular weight is 528 g/mol. The number of rotatable bonds is 18. The topological polar surface area (TPSA) is 126 Å². The molecule has 0 saturated carbocycles. The van der Waals surface area contributed by atoms with Gasteiger partial charge in [-0.15, -0.1) is 0 Å². The third kappa shape index (κ3) is 12.8. The Balaban J connectivity index is 1.58. The van der Waals surface area contributed by atoms with Crippen molar-refractivity contribution in [2.45, 2.75) is 78.2 Å². The minimum Gasteiger partial charge on any atom is -0.480 e. The number of carbonyl (C=O) groups is 3. The number of benzene rings is 2. The minimum absolute atomic E-state index is 0.0626. The average Bonchev–Trinajstić information content (AvgIpc) is 2.89. The Kier molecular flexibility index (Phi) is 14.1. The molecule has 0 aliphatic heterocycles. The highest BCUT2D eigenvalue weighted by Crippen LogP contribution is 2.16. The second kappa shape index (κ2) is 17.3. The van der Waals surface area contributed by atoms with Crippen molar-refractivity contribution in [3.05, 3.63) is 65.7 Å². The predicted molar refractivity (Wildman–Crippen MR) is 146 cm³/mol. The Morgan fingerprint density at radius 2 is 1.47 bits per heavy atom. The first-order valence-corrected chi connectivity index (χ1v) is 13.2. The molecule has 0 bridgehead atoms. The Morgan fingerprint density at radius 3 is 2.08 bits per heavy atom. The molecule has 2 amide bonds. The summed E-state index contributed by atoms with van der Waals surface area (Å²) in [6, 6.07) is 15.6. The van der Waals surface area contributed by atoms with E-state index >= 15 is 0 Å². The van der Waals surface area contributed by atoms with Gasteiger partial charge in [-0.25, -0.2) is 10.3 Å². The van der Waals surface area contributed by atoms with Gasteiger partial charge in [0.2, 0.25) is 11.8 Å². The Hall–Kier alpha value is -3.27. The van der Waals surface area contributed by atoms with E-state index in [0.717, 1.165) is 31.2 Å². The molecule has 0 heterocycles. The number of anilines is 1. The number of ether oxygens (including phenoxy) is 1. The van der Waals surface area contributed by atoms with Crippen molar-refractivity contribution in [1.82, 2.24) is 10.8 Å². The minimum atomic E-state index is -0.936. The fourth-order valence-corrected chi connectivity index (χ4v) is 3.63. The lowest BCUT2D eigenvalue weighted by atomic mass is 10.1. The summed E-state index contributed by atoms with van der Waals surface area (Å²) >= 11 is 0. The fourth-order valence-electron chi connectivity index (χ4n) is 3.63. The third-order valence-corrected chi connectivity index (χ3v) is 5.69. The molecule has 38 heavy (non-hydrogen) atoms. The number of carbonyl (C=O) groups excluding carboxylic acids is 2. The number of carboxylic acid groups (broad SMARTS) is 1. The zero-order chi connectivity index (χ0) is 27.8. The van der Waals surface area contributed by atoms with Gasteiger partial charge in [0.05, 0.1) is 6.61 Å². The van der Waals surface area contributed by atoms with Crippen LogP contribution in [0.25, 0.3) is 0 Å². The molecule has 9 nitrogen and oxygen atoms in total. The normalized spacial score (nSPS) is 12.6. The molecule has 2 aromatic rings. The van der Waals surface area contributed by atoms with Gasteiger partial charge < -0.3 is 15.2 Å². The van der Waals surface area contributed by atoms with E-state index in [4.69, 9.17) is 9.57 Å². The molecular weight excluding hydrogens is 486 g/mol. The zero-order valence-corrected chi connectivity index (χ0v) is 22.6. The van der Waals surface area contributed by atoms with E-state index in [1.54, 1.807) is 19.1 Å². The van der Waals surface area contributed by atoms with E-state index in [1.165, 1.54) is 0 Å². The van der Waals surface area contributed by atoms with Crippen LogP contribution >= 0.6 is 0 Å². The maximum atomic E-state index is 12.2. The summed E-state index contributed by atoms with van der Waals surface area (Å²) < 4.78 is 5.43. The van der Waals surface area contributed by atoms with Gasteiger partial charge in [0.15, 0.2) is 6.29 Å². The van der Waals surface area contributed by atoms with Crippen molar-refractivity contribution in [2.75, 3.05) is 11.9 Å². The molecule has 2 aromatic carbocycles. The van der Waals surface area contributed by atoms with E-state index < -0.39 is 18.3 Å². The molecule has 4 N–H and O–H groups in total. The van der Waals surface area contributed by atoms with Gasteiger partial charge in [-0.05, 0) is 48.9 Å². The molecule has 9 heteroatoms. The summed E-state index contributed by atoms with van der Waals surface area (Å²) in [6.07, 6.45) is 3.44. The molecule has 1 unspecified atom stereocenters. The quantitative estimate of drug-likeness (QED) is 0.123. The van der Waals surface area contributed by atoms with Crippen LogP contribution in [-0.4, -0.2) is 35.8 Å². The molecule has 0 spiro atoms. The van der Waals surface area contributed by atoms with Crippen molar-refractivity contribution in [3.63, 3.8) is 0 Å². The van der Waals surface area contributed by atoms with E-state index in [0.29, 0.717) is 43.2 Å². The molecule has 208 valence electrons. The Bertz CT molecular complexity index is 982. The number of hydrogen-bond donors (Lipinski definition) is 4. The molecular formula is C29H41N3O6. The van der Waals surface area contributed by atoms with Crippen LogP contribution in [0, 0.1) is 5.92 Å². The summed E-state index contributed by atoms with van der Waals surface area (Å²) in [7, 11) is 0. The SMILES string of the molecule is CC(C)COC(C)ONC(=O)CCCCCCC(=O)Nc1ccc(CN[C@@H](C(=O)O)c2ccccc2)cc1. The second-order valence-corrected chi connectivity index (χ2v) is 9.66. The maximum absolute atomic E-state index is 12.2. The van der Waals surface area contributed by atoms with Crippen LogP contribution in [0.15, 0.2) is 54.6 Å².